The van der Waals surface area contributed by atoms with E-state index in [4.69, 9.17) is 10.7 Å². The Hall–Kier alpha value is -2.18. The van der Waals surface area contributed by atoms with Crippen molar-refractivity contribution in [2.45, 2.75) is 51.2 Å². The van der Waals surface area contributed by atoms with Gasteiger partial charge < -0.3 is 16.4 Å². The average molecular weight is 371 g/mol. The van der Waals surface area contributed by atoms with Crippen molar-refractivity contribution in [3.8, 4) is 0 Å². The predicted molar refractivity (Wildman–Crippen MR) is 109 cm³/mol. The molecule has 26 heavy (non-hydrogen) atoms. The number of benzene rings is 1. The van der Waals surface area contributed by atoms with E-state index >= 15 is 0 Å². The summed E-state index contributed by atoms with van der Waals surface area (Å²) in [4.78, 5) is 17.6. The molecule has 0 amide bonds. The molecule has 0 spiro atoms. The van der Waals surface area contributed by atoms with Gasteiger partial charge in [-0.2, -0.15) is 0 Å². The van der Waals surface area contributed by atoms with E-state index in [2.05, 4.69) is 22.1 Å². The number of ketones is 1. The van der Waals surface area contributed by atoms with Crippen molar-refractivity contribution in [2.75, 3.05) is 5.32 Å². The van der Waals surface area contributed by atoms with E-state index in [0.29, 0.717) is 18.1 Å². The smallest absolute Gasteiger partial charge is 0.196 e. The highest BCUT2D eigenvalue weighted by Gasteiger charge is 2.22. The summed E-state index contributed by atoms with van der Waals surface area (Å²) >= 11 is 1.69. The number of aliphatic imine (C=N–C) groups is 1. The summed E-state index contributed by atoms with van der Waals surface area (Å²) in [5.74, 6) is 0.759. The summed E-state index contributed by atoms with van der Waals surface area (Å²) in [5.41, 5.74) is 7.82. The molecule has 1 heterocycles. The molecule has 0 radical (unpaired) electrons. The average Bonchev–Trinajstić information content (AvgIpc) is 3.15. The number of carbonyl (C=O) groups is 1. The zero-order chi connectivity index (χ0) is 18.4. The van der Waals surface area contributed by atoms with Gasteiger partial charge in [-0.05, 0) is 43.3 Å². The molecule has 2 atom stereocenters. The number of carbonyl (C=O) groups excluding carboxylic acids is 1. The Bertz CT molecular complexity index is 757. The number of rotatable bonds is 5. The maximum atomic E-state index is 11.6. The Morgan fingerprint density at radius 1 is 1.27 bits per heavy atom. The van der Waals surface area contributed by atoms with Crippen molar-refractivity contribution in [3.05, 3.63) is 52.2 Å². The summed E-state index contributed by atoms with van der Waals surface area (Å²) in [6.07, 6.45) is 4.46. The van der Waals surface area contributed by atoms with Crippen LogP contribution in [0.25, 0.3) is 0 Å². The van der Waals surface area contributed by atoms with Gasteiger partial charge in [-0.3, -0.25) is 4.79 Å². The van der Waals surface area contributed by atoms with Crippen LogP contribution in [0.1, 0.15) is 47.8 Å². The Morgan fingerprint density at radius 3 is 2.85 bits per heavy atom. The summed E-state index contributed by atoms with van der Waals surface area (Å²) in [5, 5.41) is 8.89. The van der Waals surface area contributed by atoms with E-state index in [1.165, 1.54) is 17.7 Å². The molecule has 1 aromatic carbocycles. The normalized spacial score (nSPS) is 20.6. The van der Waals surface area contributed by atoms with Crippen LogP contribution >= 0.6 is 11.3 Å². The molecular weight excluding hydrogens is 344 g/mol. The van der Waals surface area contributed by atoms with E-state index < -0.39 is 0 Å². The molecule has 0 unspecified atom stereocenters. The molecule has 138 valence electrons. The van der Waals surface area contributed by atoms with Crippen molar-refractivity contribution < 1.29 is 4.79 Å². The summed E-state index contributed by atoms with van der Waals surface area (Å²) < 4.78 is 0. The van der Waals surface area contributed by atoms with Crippen LogP contribution in [0.15, 0.2) is 46.8 Å². The molecule has 2 aromatic rings. The Morgan fingerprint density at radius 2 is 2.12 bits per heavy atom. The third kappa shape index (κ3) is 5.16. The first-order valence-electron chi connectivity index (χ1n) is 9.09. The van der Waals surface area contributed by atoms with Gasteiger partial charge in [-0.25, -0.2) is 4.99 Å². The highest BCUT2D eigenvalue weighted by Crippen LogP contribution is 2.18. The minimum absolute atomic E-state index is 0.0491. The van der Waals surface area contributed by atoms with Crippen LogP contribution in [0.4, 0.5) is 5.69 Å². The van der Waals surface area contributed by atoms with Crippen molar-refractivity contribution in [1.82, 2.24) is 5.32 Å². The Balaban J connectivity index is 1.76. The first kappa shape index (κ1) is 18.6. The number of anilines is 1. The van der Waals surface area contributed by atoms with Gasteiger partial charge in [-0.1, -0.05) is 31.0 Å². The van der Waals surface area contributed by atoms with Crippen LogP contribution < -0.4 is 16.4 Å². The quantitative estimate of drug-likeness (QED) is 0.425. The SMILES string of the molecule is CC(=O)c1cccc(NC(=NCc2cccs2)N[C@H]2CCCC[C@@H]2N)c1. The molecule has 1 saturated carbocycles. The fourth-order valence-corrected chi connectivity index (χ4v) is 3.78. The Kier molecular flexibility index (Phi) is 6.41. The number of nitrogens with one attached hydrogen (secondary N) is 2. The minimum atomic E-state index is 0.0491. The number of Topliss-reactive ketones (excluding diaryl/α,β-unsaturated/α-hetero) is 1. The van der Waals surface area contributed by atoms with Crippen LogP contribution in [0.2, 0.25) is 0 Å². The first-order valence-corrected chi connectivity index (χ1v) is 9.97. The van der Waals surface area contributed by atoms with E-state index in [1.54, 1.807) is 18.3 Å². The monoisotopic (exact) mass is 370 g/mol. The lowest BCUT2D eigenvalue weighted by molar-refractivity contribution is 0.101. The highest BCUT2D eigenvalue weighted by molar-refractivity contribution is 7.09. The van der Waals surface area contributed by atoms with Crippen LogP contribution in [0.5, 0.6) is 0 Å². The molecule has 1 fully saturated rings. The number of hydrogen-bond donors (Lipinski definition) is 3. The number of hydrogen-bond acceptors (Lipinski definition) is 4. The van der Waals surface area contributed by atoms with Crippen LogP contribution in [-0.4, -0.2) is 23.8 Å². The third-order valence-corrected chi connectivity index (χ3v) is 5.51. The van der Waals surface area contributed by atoms with Gasteiger partial charge in [0.2, 0.25) is 0 Å². The maximum absolute atomic E-state index is 11.6. The molecule has 5 nitrogen and oxygen atoms in total. The van der Waals surface area contributed by atoms with Crippen LogP contribution in [0, 0.1) is 0 Å². The second-order valence-corrected chi connectivity index (χ2v) is 7.74. The lowest BCUT2D eigenvalue weighted by Crippen LogP contribution is -2.51. The summed E-state index contributed by atoms with van der Waals surface area (Å²) in [6.45, 7) is 2.19. The molecule has 3 rings (SSSR count). The van der Waals surface area contributed by atoms with E-state index in [-0.39, 0.29) is 17.9 Å². The van der Waals surface area contributed by atoms with Gasteiger partial charge >= 0.3 is 0 Å². The van der Waals surface area contributed by atoms with Gasteiger partial charge in [0.05, 0.1) is 6.54 Å². The highest BCUT2D eigenvalue weighted by atomic mass is 32.1. The molecule has 0 aliphatic heterocycles. The largest absolute Gasteiger partial charge is 0.352 e. The van der Waals surface area contributed by atoms with Crippen molar-refractivity contribution in [3.63, 3.8) is 0 Å². The van der Waals surface area contributed by atoms with Crippen LogP contribution in [0.3, 0.4) is 0 Å². The Labute approximate surface area is 158 Å². The lowest BCUT2D eigenvalue weighted by atomic mass is 9.91. The third-order valence-electron chi connectivity index (χ3n) is 4.65. The molecule has 0 saturated heterocycles. The zero-order valence-corrected chi connectivity index (χ0v) is 15.9. The second-order valence-electron chi connectivity index (χ2n) is 6.71. The molecule has 1 aliphatic rings. The van der Waals surface area contributed by atoms with E-state index in [0.717, 1.165) is 18.5 Å². The topological polar surface area (TPSA) is 79.5 Å². The molecule has 6 heteroatoms. The molecular formula is C20H26N4OS. The van der Waals surface area contributed by atoms with Crippen molar-refractivity contribution >= 4 is 28.8 Å². The van der Waals surface area contributed by atoms with Crippen LogP contribution in [-0.2, 0) is 6.54 Å². The fraction of sp³-hybridized carbons (Fsp3) is 0.400. The summed E-state index contributed by atoms with van der Waals surface area (Å²) in [6, 6.07) is 12.0. The fourth-order valence-electron chi connectivity index (χ4n) is 3.15. The van der Waals surface area contributed by atoms with Gasteiger partial charge in [0.25, 0.3) is 0 Å². The van der Waals surface area contributed by atoms with Crippen molar-refractivity contribution in [2.24, 2.45) is 10.7 Å². The van der Waals surface area contributed by atoms with E-state index in [9.17, 15) is 4.79 Å². The molecule has 4 N–H and O–H groups in total. The van der Waals surface area contributed by atoms with E-state index in [1.807, 2.05) is 30.3 Å². The number of guanidine groups is 1. The predicted octanol–water partition coefficient (Wildman–Crippen LogP) is 3.78. The second kappa shape index (κ2) is 8.96. The molecule has 1 aromatic heterocycles. The zero-order valence-electron chi connectivity index (χ0n) is 15.1. The maximum Gasteiger partial charge on any atom is 0.196 e. The summed E-state index contributed by atoms with van der Waals surface area (Å²) in [7, 11) is 0. The van der Waals surface area contributed by atoms with Crippen molar-refractivity contribution in [1.29, 1.82) is 0 Å². The number of nitrogens with two attached hydrogens (primary N) is 1. The number of nitrogens with zero attached hydrogens (tertiary/aromatic N) is 1. The van der Waals surface area contributed by atoms with Gasteiger partial charge in [0.15, 0.2) is 11.7 Å². The van der Waals surface area contributed by atoms with Gasteiger partial charge in [0.1, 0.15) is 0 Å². The lowest BCUT2D eigenvalue weighted by Gasteiger charge is -2.30. The molecule has 1 aliphatic carbocycles. The standard InChI is InChI=1S/C20H26N4OS/c1-14(25)15-6-4-7-16(12-15)23-20(22-13-17-8-5-11-26-17)24-19-10-3-2-9-18(19)21/h4-8,11-12,18-19H,2-3,9-10,13,21H2,1H3,(H2,22,23,24)/t18-,19-/m0/s1. The number of thiophene rings is 1. The minimum Gasteiger partial charge on any atom is -0.352 e. The van der Waals surface area contributed by atoms with Gasteiger partial charge in [-0.15, -0.1) is 11.3 Å². The molecule has 0 bridgehead atoms. The van der Waals surface area contributed by atoms with Gasteiger partial charge in [0, 0.05) is 28.2 Å². The first-order chi connectivity index (χ1) is 12.6.